The van der Waals surface area contributed by atoms with Gasteiger partial charge in [-0.2, -0.15) is 0 Å². The summed E-state index contributed by atoms with van der Waals surface area (Å²) in [5.41, 5.74) is 3.42. The molecule has 0 radical (unpaired) electrons. The third kappa shape index (κ3) is 3.23. The first kappa shape index (κ1) is 15.8. The zero-order chi connectivity index (χ0) is 16.4. The van der Waals surface area contributed by atoms with Crippen LogP contribution >= 0.6 is 27.3 Å². The highest BCUT2D eigenvalue weighted by atomic mass is 79.9. The van der Waals surface area contributed by atoms with Gasteiger partial charge in [0.15, 0.2) is 4.80 Å². The highest BCUT2D eigenvalue weighted by Crippen LogP contribution is 2.33. The molecule has 0 bridgehead atoms. The van der Waals surface area contributed by atoms with Crippen LogP contribution in [0.4, 0.5) is 5.69 Å². The van der Waals surface area contributed by atoms with Gasteiger partial charge in [-0.05, 0) is 42.7 Å². The summed E-state index contributed by atoms with van der Waals surface area (Å²) in [5.74, 6) is 0. The van der Waals surface area contributed by atoms with Crippen molar-refractivity contribution in [3.05, 3.63) is 63.4 Å². The van der Waals surface area contributed by atoms with Crippen LogP contribution < -0.4 is 4.80 Å². The number of benzene rings is 1. The zero-order valence-electron chi connectivity index (χ0n) is 13.2. The maximum absolute atomic E-state index is 4.86. The smallest absolute Gasteiger partial charge is 0.190 e. The Balaban J connectivity index is 1.86. The lowest BCUT2D eigenvalue weighted by Gasteiger charge is -2.16. The van der Waals surface area contributed by atoms with E-state index in [4.69, 9.17) is 4.99 Å². The molecular formula is C19H18BrN3S. The molecule has 0 N–H and O–H groups in total. The van der Waals surface area contributed by atoms with Gasteiger partial charge in [-0.15, -0.1) is 11.3 Å². The fraction of sp³-hybridized carbons (Fsp3) is 0.263. The van der Waals surface area contributed by atoms with E-state index in [0.717, 1.165) is 15.0 Å². The number of halogens is 1. The Kier molecular flexibility index (Phi) is 4.63. The normalized spacial score (nSPS) is 16.0. The second-order valence-corrected chi connectivity index (χ2v) is 7.79. The van der Waals surface area contributed by atoms with E-state index in [0.29, 0.717) is 6.04 Å². The van der Waals surface area contributed by atoms with Crippen LogP contribution in [-0.4, -0.2) is 9.55 Å². The van der Waals surface area contributed by atoms with Crippen LogP contribution in [0.1, 0.15) is 31.7 Å². The van der Waals surface area contributed by atoms with Crippen LogP contribution in [0.3, 0.4) is 0 Å². The number of pyridine rings is 1. The van der Waals surface area contributed by atoms with Gasteiger partial charge in [0.05, 0.1) is 17.6 Å². The maximum Gasteiger partial charge on any atom is 0.190 e. The van der Waals surface area contributed by atoms with E-state index < -0.39 is 0 Å². The van der Waals surface area contributed by atoms with Crippen molar-refractivity contribution in [3.8, 4) is 11.3 Å². The Labute approximate surface area is 153 Å². The molecule has 122 valence electrons. The quantitative estimate of drug-likeness (QED) is 0.553. The minimum Gasteiger partial charge on any atom is -0.313 e. The highest BCUT2D eigenvalue weighted by molar-refractivity contribution is 9.10. The molecule has 0 spiro atoms. The van der Waals surface area contributed by atoms with Crippen LogP contribution in [0.5, 0.6) is 0 Å². The summed E-state index contributed by atoms with van der Waals surface area (Å²) in [4.78, 5) is 10.1. The Morgan fingerprint density at radius 2 is 1.92 bits per heavy atom. The number of hydrogen-bond donors (Lipinski definition) is 0. The third-order valence-electron chi connectivity index (χ3n) is 4.44. The van der Waals surface area contributed by atoms with Gasteiger partial charge in [0.1, 0.15) is 0 Å². The van der Waals surface area contributed by atoms with Crippen molar-refractivity contribution in [1.82, 2.24) is 9.55 Å². The summed E-state index contributed by atoms with van der Waals surface area (Å²) in [6.45, 7) is 0. The number of thiazole rings is 1. The SMILES string of the molecule is Brc1ccc(-c2csc(=Nc3cccnc3)n2C2CCCC2)cc1. The zero-order valence-corrected chi connectivity index (χ0v) is 15.6. The monoisotopic (exact) mass is 399 g/mol. The Hall–Kier alpha value is -1.72. The summed E-state index contributed by atoms with van der Waals surface area (Å²) in [6, 6.07) is 13.0. The van der Waals surface area contributed by atoms with E-state index in [1.807, 2.05) is 18.3 Å². The van der Waals surface area contributed by atoms with E-state index in [1.165, 1.54) is 36.9 Å². The number of rotatable bonds is 3. The average Bonchev–Trinajstić information content (AvgIpc) is 3.26. The molecule has 1 aliphatic carbocycles. The van der Waals surface area contributed by atoms with Gasteiger partial charge in [-0.3, -0.25) is 4.98 Å². The topological polar surface area (TPSA) is 30.2 Å². The second kappa shape index (κ2) is 7.03. The molecule has 1 saturated carbocycles. The molecule has 0 amide bonds. The van der Waals surface area contributed by atoms with Crippen molar-refractivity contribution in [1.29, 1.82) is 0 Å². The molecule has 24 heavy (non-hydrogen) atoms. The Morgan fingerprint density at radius 3 is 2.62 bits per heavy atom. The fourth-order valence-electron chi connectivity index (χ4n) is 3.28. The van der Waals surface area contributed by atoms with Gasteiger partial charge in [0.25, 0.3) is 0 Å². The number of hydrogen-bond acceptors (Lipinski definition) is 3. The first-order valence-electron chi connectivity index (χ1n) is 8.22. The van der Waals surface area contributed by atoms with Crippen LogP contribution in [-0.2, 0) is 0 Å². The first-order chi connectivity index (χ1) is 11.8. The third-order valence-corrected chi connectivity index (χ3v) is 5.81. The van der Waals surface area contributed by atoms with Gasteiger partial charge >= 0.3 is 0 Å². The largest absolute Gasteiger partial charge is 0.313 e. The maximum atomic E-state index is 4.86. The molecule has 3 aromatic rings. The van der Waals surface area contributed by atoms with Crippen LogP contribution in [0.2, 0.25) is 0 Å². The molecule has 3 nitrogen and oxygen atoms in total. The van der Waals surface area contributed by atoms with E-state index in [1.54, 1.807) is 17.5 Å². The molecule has 1 aromatic carbocycles. The summed E-state index contributed by atoms with van der Waals surface area (Å²) in [5, 5.41) is 2.23. The molecule has 1 fully saturated rings. The van der Waals surface area contributed by atoms with Gasteiger partial charge in [-0.25, -0.2) is 4.99 Å². The molecular weight excluding hydrogens is 382 g/mol. The van der Waals surface area contributed by atoms with Crippen LogP contribution in [0.15, 0.2) is 63.6 Å². The standard InChI is InChI=1S/C19H18BrN3S/c20-15-9-7-14(8-10-15)18-13-24-19(22-16-4-3-11-21-12-16)23(18)17-5-1-2-6-17/h3-4,7-13,17H,1-2,5-6H2. The predicted octanol–water partition coefficient (Wildman–Crippen LogP) is 5.72. The molecule has 2 heterocycles. The van der Waals surface area contributed by atoms with Gasteiger partial charge < -0.3 is 4.57 Å². The average molecular weight is 400 g/mol. The molecule has 0 saturated heterocycles. The fourth-order valence-corrected chi connectivity index (χ4v) is 4.53. The molecule has 5 heteroatoms. The Morgan fingerprint density at radius 1 is 1.12 bits per heavy atom. The highest BCUT2D eigenvalue weighted by Gasteiger charge is 2.21. The van der Waals surface area contributed by atoms with Crippen molar-refractivity contribution in [2.75, 3.05) is 0 Å². The minimum atomic E-state index is 0.547. The first-order valence-corrected chi connectivity index (χ1v) is 9.89. The van der Waals surface area contributed by atoms with E-state index in [-0.39, 0.29) is 0 Å². The summed E-state index contributed by atoms with van der Waals surface area (Å²) >= 11 is 5.24. The van der Waals surface area contributed by atoms with Crippen molar-refractivity contribution < 1.29 is 0 Å². The summed E-state index contributed by atoms with van der Waals surface area (Å²) in [7, 11) is 0. The van der Waals surface area contributed by atoms with E-state index >= 15 is 0 Å². The van der Waals surface area contributed by atoms with Crippen molar-refractivity contribution >= 4 is 33.0 Å². The van der Waals surface area contributed by atoms with Crippen molar-refractivity contribution in [2.45, 2.75) is 31.7 Å². The van der Waals surface area contributed by atoms with Gasteiger partial charge in [0, 0.05) is 22.1 Å². The van der Waals surface area contributed by atoms with E-state index in [9.17, 15) is 0 Å². The molecule has 0 atom stereocenters. The van der Waals surface area contributed by atoms with Gasteiger partial charge in [0.2, 0.25) is 0 Å². The molecule has 0 aliphatic heterocycles. The predicted molar refractivity (Wildman–Crippen MR) is 102 cm³/mol. The van der Waals surface area contributed by atoms with Crippen LogP contribution in [0.25, 0.3) is 11.3 Å². The molecule has 1 aliphatic rings. The summed E-state index contributed by atoms with van der Waals surface area (Å²) in [6.07, 6.45) is 8.68. The second-order valence-electron chi connectivity index (χ2n) is 6.04. The lowest BCUT2D eigenvalue weighted by atomic mass is 10.1. The lowest BCUT2D eigenvalue weighted by molar-refractivity contribution is 0.512. The van der Waals surface area contributed by atoms with Gasteiger partial charge in [-0.1, -0.05) is 40.9 Å². The lowest BCUT2D eigenvalue weighted by Crippen LogP contribution is -2.19. The number of aromatic nitrogens is 2. The van der Waals surface area contributed by atoms with Crippen LogP contribution in [0, 0.1) is 0 Å². The minimum absolute atomic E-state index is 0.547. The summed E-state index contributed by atoms with van der Waals surface area (Å²) < 4.78 is 3.54. The molecule has 2 aromatic heterocycles. The van der Waals surface area contributed by atoms with Crippen molar-refractivity contribution in [3.63, 3.8) is 0 Å². The van der Waals surface area contributed by atoms with E-state index in [2.05, 4.69) is 55.1 Å². The Bertz CT molecular complexity index is 875. The number of nitrogens with zero attached hydrogens (tertiary/aromatic N) is 3. The molecule has 4 rings (SSSR count). The van der Waals surface area contributed by atoms with Crippen molar-refractivity contribution in [2.24, 2.45) is 4.99 Å². The molecule has 0 unspecified atom stereocenters.